The number of anilines is 1. The fourth-order valence-corrected chi connectivity index (χ4v) is 6.27. The summed E-state index contributed by atoms with van der Waals surface area (Å²) < 4.78 is 42.6. The average molecular weight is 645 g/mol. The number of hydrogen-bond donors (Lipinski definition) is 1. The van der Waals surface area contributed by atoms with Crippen molar-refractivity contribution in [1.29, 1.82) is 0 Å². The Labute approximate surface area is 263 Å². The normalized spacial score (nSPS) is 13.4. The molecule has 44 heavy (non-hydrogen) atoms. The van der Waals surface area contributed by atoms with Gasteiger partial charge in [-0.15, -0.1) is 0 Å². The molecule has 3 aromatic heterocycles. The molecule has 5 rings (SSSR count). The van der Waals surface area contributed by atoms with E-state index in [9.17, 15) is 4.39 Å². The van der Waals surface area contributed by atoms with E-state index in [-0.39, 0.29) is 19.2 Å². The molecule has 1 aliphatic heterocycles. The fourth-order valence-electron chi connectivity index (χ4n) is 4.82. The van der Waals surface area contributed by atoms with Crippen LogP contribution in [0.1, 0.15) is 65.2 Å². The lowest BCUT2D eigenvalue weighted by atomic mass is 9.97. The molecular formula is C31H39ClFN6O4P. The van der Waals surface area contributed by atoms with Gasteiger partial charge in [0.2, 0.25) is 0 Å². The number of aryl methyl sites for hydroxylation is 2. The van der Waals surface area contributed by atoms with E-state index in [0.717, 1.165) is 33.6 Å². The Bertz CT molecular complexity index is 1630. The second-order valence-corrected chi connectivity index (χ2v) is 14.0. The molecule has 0 fully saturated rings. The largest absolute Gasteiger partial charge is 0.485 e. The van der Waals surface area contributed by atoms with Gasteiger partial charge in [0.25, 0.3) is 0 Å². The number of nitrogens with zero attached hydrogens (tertiary/aromatic N) is 5. The van der Waals surface area contributed by atoms with Crippen LogP contribution in [0.3, 0.4) is 0 Å². The quantitative estimate of drug-likeness (QED) is 0.160. The summed E-state index contributed by atoms with van der Waals surface area (Å²) >= 11 is 6.75. The van der Waals surface area contributed by atoms with E-state index in [1.807, 2.05) is 72.5 Å². The maximum atomic E-state index is 14.5. The molecule has 4 aromatic rings. The SMILES string of the molecule is CCn1nc(Cl)c2c1-c1cnc(NCOP(OC(C)(C)C)OC(C)(C)C)c(c1)OCc1cc(F)ccc1-c1nn(C)cc1C2. The molecule has 0 spiro atoms. The van der Waals surface area contributed by atoms with Crippen LogP contribution in [0.25, 0.3) is 22.5 Å². The second kappa shape index (κ2) is 12.7. The summed E-state index contributed by atoms with van der Waals surface area (Å²) in [5.74, 6) is 0.530. The van der Waals surface area contributed by atoms with E-state index in [2.05, 4.69) is 10.4 Å². The van der Waals surface area contributed by atoms with Gasteiger partial charge in [0.05, 0.1) is 22.6 Å². The Balaban J connectivity index is 1.54. The summed E-state index contributed by atoms with van der Waals surface area (Å²) in [4.78, 5) is 4.71. The minimum Gasteiger partial charge on any atom is -0.485 e. The van der Waals surface area contributed by atoms with Gasteiger partial charge in [0.15, 0.2) is 16.7 Å². The smallest absolute Gasteiger partial charge is 0.335 e. The fraction of sp³-hybridized carbons (Fsp3) is 0.452. The molecule has 2 bridgehead atoms. The van der Waals surface area contributed by atoms with Crippen molar-refractivity contribution in [2.45, 2.75) is 79.2 Å². The molecule has 0 saturated carbocycles. The monoisotopic (exact) mass is 644 g/mol. The molecule has 0 atom stereocenters. The summed E-state index contributed by atoms with van der Waals surface area (Å²) in [6, 6.07) is 6.53. The summed E-state index contributed by atoms with van der Waals surface area (Å²) in [7, 11) is 0.191. The van der Waals surface area contributed by atoms with Crippen LogP contribution in [0.5, 0.6) is 5.75 Å². The molecule has 0 aliphatic carbocycles. The minimum atomic E-state index is -1.67. The van der Waals surface area contributed by atoms with Crippen molar-refractivity contribution in [1.82, 2.24) is 24.5 Å². The molecule has 0 unspecified atom stereocenters. The summed E-state index contributed by atoms with van der Waals surface area (Å²) in [5.41, 5.74) is 4.63. The van der Waals surface area contributed by atoms with E-state index in [1.165, 1.54) is 12.1 Å². The molecule has 1 aromatic carbocycles. The van der Waals surface area contributed by atoms with Crippen molar-refractivity contribution in [3.8, 4) is 28.3 Å². The predicted octanol–water partition coefficient (Wildman–Crippen LogP) is 7.88. The zero-order chi connectivity index (χ0) is 31.8. The lowest BCUT2D eigenvalue weighted by molar-refractivity contribution is 0.0351. The highest BCUT2D eigenvalue weighted by molar-refractivity contribution is 7.41. The minimum absolute atomic E-state index is 0.0487. The Kier molecular flexibility index (Phi) is 9.35. The highest BCUT2D eigenvalue weighted by Gasteiger charge is 2.28. The molecule has 0 amide bonds. The number of aromatic nitrogens is 5. The van der Waals surface area contributed by atoms with E-state index in [1.54, 1.807) is 16.9 Å². The number of fused-ring (bicyclic) bond motifs is 7. The molecular weight excluding hydrogens is 606 g/mol. The molecule has 0 radical (unpaired) electrons. The highest BCUT2D eigenvalue weighted by Crippen LogP contribution is 2.47. The molecule has 0 saturated heterocycles. The van der Waals surface area contributed by atoms with Crippen molar-refractivity contribution in [2.24, 2.45) is 7.05 Å². The number of pyridine rings is 1. The third-order valence-electron chi connectivity index (χ3n) is 6.51. The highest BCUT2D eigenvalue weighted by atomic mass is 35.5. The van der Waals surface area contributed by atoms with Crippen LogP contribution in [0.4, 0.5) is 10.2 Å². The van der Waals surface area contributed by atoms with Gasteiger partial charge in [-0.2, -0.15) is 10.2 Å². The van der Waals surface area contributed by atoms with E-state index < -0.39 is 19.8 Å². The van der Waals surface area contributed by atoms with Crippen molar-refractivity contribution < 1.29 is 22.7 Å². The van der Waals surface area contributed by atoms with Crippen LogP contribution in [0, 0.1) is 5.82 Å². The molecule has 10 nitrogen and oxygen atoms in total. The van der Waals surface area contributed by atoms with Gasteiger partial charge in [-0.05, 0) is 72.7 Å². The number of rotatable bonds is 7. The van der Waals surface area contributed by atoms with E-state index >= 15 is 0 Å². The van der Waals surface area contributed by atoms with Crippen LogP contribution >= 0.6 is 20.2 Å². The first-order valence-electron chi connectivity index (χ1n) is 14.5. The van der Waals surface area contributed by atoms with Gasteiger partial charge < -0.3 is 19.1 Å². The standard InChI is InChI=1S/C31H39ClFN6O4P/c1-9-39-27-19-14-25(29(34-15-19)35-18-41-44(42-30(2,3)4)43-31(5,6)7)40-17-21-12-22(33)10-11-23(21)26-20(16-38(8)36-26)13-24(27)28(32)37-39/h10-12,14-16H,9,13,17-18H2,1-8H3,(H,34,35). The van der Waals surface area contributed by atoms with Gasteiger partial charge in [-0.1, -0.05) is 11.6 Å². The third kappa shape index (κ3) is 7.58. The van der Waals surface area contributed by atoms with E-state index in [4.69, 9.17) is 40.0 Å². The first kappa shape index (κ1) is 32.3. The number of benzene rings is 1. The van der Waals surface area contributed by atoms with Gasteiger partial charge in [-0.3, -0.25) is 13.9 Å². The zero-order valence-electron chi connectivity index (χ0n) is 26.4. The Morgan fingerprint density at radius 3 is 2.48 bits per heavy atom. The molecule has 1 N–H and O–H groups in total. The van der Waals surface area contributed by atoms with Crippen molar-refractivity contribution in [3.63, 3.8) is 0 Å². The van der Waals surface area contributed by atoms with Crippen LogP contribution in [-0.4, -0.2) is 42.5 Å². The predicted molar refractivity (Wildman–Crippen MR) is 170 cm³/mol. The van der Waals surface area contributed by atoms with Crippen LogP contribution < -0.4 is 10.1 Å². The Hall–Kier alpha value is -3.08. The first-order chi connectivity index (χ1) is 20.7. The van der Waals surface area contributed by atoms with Crippen LogP contribution in [-0.2, 0) is 40.2 Å². The number of ether oxygens (including phenoxy) is 1. The maximum absolute atomic E-state index is 14.5. The summed E-state index contributed by atoms with van der Waals surface area (Å²) in [6.45, 7) is 14.4. The van der Waals surface area contributed by atoms with Crippen LogP contribution in [0.2, 0.25) is 5.15 Å². The lowest BCUT2D eigenvalue weighted by Crippen LogP contribution is -2.23. The molecule has 1 aliphatic rings. The Morgan fingerprint density at radius 2 is 1.80 bits per heavy atom. The Morgan fingerprint density at radius 1 is 1.07 bits per heavy atom. The van der Waals surface area contributed by atoms with Gasteiger partial charge in [0.1, 0.15) is 19.2 Å². The van der Waals surface area contributed by atoms with Gasteiger partial charge >= 0.3 is 8.60 Å². The molecule has 13 heteroatoms. The number of hydrogen-bond acceptors (Lipinski definition) is 8. The van der Waals surface area contributed by atoms with Gasteiger partial charge in [0, 0.05) is 60.2 Å². The van der Waals surface area contributed by atoms with Gasteiger partial charge in [-0.25, -0.2) is 9.37 Å². The second-order valence-electron chi connectivity index (χ2n) is 12.5. The maximum Gasteiger partial charge on any atom is 0.335 e. The summed E-state index contributed by atoms with van der Waals surface area (Å²) in [6.07, 6.45) is 4.18. The lowest BCUT2D eigenvalue weighted by Gasteiger charge is -2.30. The number of nitrogens with one attached hydrogen (secondary N) is 1. The van der Waals surface area contributed by atoms with Crippen molar-refractivity contribution >= 4 is 26.0 Å². The van der Waals surface area contributed by atoms with E-state index in [0.29, 0.717) is 35.2 Å². The topological polar surface area (TPSA) is 97.5 Å². The molecule has 236 valence electrons. The zero-order valence-corrected chi connectivity index (χ0v) is 28.0. The molecule has 4 heterocycles. The van der Waals surface area contributed by atoms with Crippen molar-refractivity contribution in [3.05, 3.63) is 64.3 Å². The third-order valence-corrected chi connectivity index (χ3v) is 8.55. The average Bonchev–Trinajstić information content (AvgIpc) is 3.44. The summed E-state index contributed by atoms with van der Waals surface area (Å²) in [5, 5.41) is 13.0. The first-order valence-corrected chi connectivity index (χ1v) is 15.9. The van der Waals surface area contributed by atoms with Crippen molar-refractivity contribution in [2.75, 3.05) is 12.0 Å². The van der Waals surface area contributed by atoms with Crippen LogP contribution in [0.15, 0.2) is 36.7 Å². The number of halogens is 2.